The molecule has 3 aromatic rings. The Morgan fingerprint density at radius 2 is 2.04 bits per heavy atom. The number of amides is 1. The van der Waals surface area contributed by atoms with E-state index in [-0.39, 0.29) is 18.0 Å². The summed E-state index contributed by atoms with van der Waals surface area (Å²) in [7, 11) is 0. The summed E-state index contributed by atoms with van der Waals surface area (Å²) in [5, 5.41) is 7.49. The van der Waals surface area contributed by atoms with Crippen molar-refractivity contribution in [2.24, 2.45) is 0 Å². The Morgan fingerprint density at radius 3 is 2.87 bits per heavy atom. The van der Waals surface area contributed by atoms with Gasteiger partial charge in [-0.2, -0.15) is 5.10 Å². The van der Waals surface area contributed by atoms with Crippen LogP contribution >= 0.6 is 0 Å². The number of benzene rings is 1. The number of fused-ring (bicyclic) bond motifs is 1. The molecule has 2 heterocycles. The van der Waals surface area contributed by atoms with Crippen LogP contribution in [0.2, 0.25) is 0 Å². The molecule has 0 saturated heterocycles. The molecule has 6 nitrogen and oxygen atoms in total. The van der Waals surface area contributed by atoms with Gasteiger partial charge in [0.15, 0.2) is 0 Å². The van der Waals surface area contributed by atoms with Crippen molar-refractivity contribution in [1.29, 1.82) is 0 Å². The molecule has 0 bridgehead atoms. The van der Waals surface area contributed by atoms with E-state index in [1.165, 1.54) is 0 Å². The summed E-state index contributed by atoms with van der Waals surface area (Å²) in [5.41, 5.74) is 2.10. The Bertz CT molecular complexity index is 918. The van der Waals surface area contributed by atoms with Crippen LogP contribution in [0.1, 0.15) is 11.1 Å². The van der Waals surface area contributed by atoms with Crippen molar-refractivity contribution in [3.8, 4) is 0 Å². The molecule has 0 fully saturated rings. The first-order chi connectivity index (χ1) is 11.1. The number of pyridine rings is 1. The van der Waals surface area contributed by atoms with E-state index >= 15 is 0 Å². The number of nitrogens with one attached hydrogen (secondary N) is 1. The minimum atomic E-state index is -0.367. The fourth-order valence-electron chi connectivity index (χ4n) is 2.31. The van der Waals surface area contributed by atoms with Crippen molar-refractivity contribution in [1.82, 2.24) is 20.1 Å². The van der Waals surface area contributed by atoms with Crippen LogP contribution in [-0.2, 0) is 17.9 Å². The zero-order valence-electron chi connectivity index (χ0n) is 12.7. The second-order valence-electron chi connectivity index (χ2n) is 5.25. The average Bonchev–Trinajstić information content (AvgIpc) is 2.57. The van der Waals surface area contributed by atoms with E-state index in [0.29, 0.717) is 17.4 Å². The van der Waals surface area contributed by atoms with Crippen LogP contribution in [0.25, 0.3) is 10.9 Å². The molecule has 0 aliphatic heterocycles. The van der Waals surface area contributed by atoms with Crippen LogP contribution < -0.4 is 10.9 Å². The van der Waals surface area contributed by atoms with E-state index in [0.717, 1.165) is 15.8 Å². The van der Waals surface area contributed by atoms with E-state index < -0.39 is 0 Å². The zero-order valence-corrected chi connectivity index (χ0v) is 12.7. The lowest BCUT2D eigenvalue weighted by molar-refractivity contribution is -0.122. The smallest absolute Gasteiger partial charge is 0.293 e. The highest BCUT2D eigenvalue weighted by Gasteiger charge is 2.09. The van der Waals surface area contributed by atoms with Gasteiger partial charge in [0.05, 0.1) is 6.20 Å². The highest BCUT2D eigenvalue weighted by Crippen LogP contribution is 2.06. The standard InChI is InChI=1S/C17H16N4O2/c1-12-5-2-3-6-13(12)9-19-15(22)11-21-17(23)16-14(10-20-21)7-4-8-18-16/h2-8,10H,9,11H2,1H3,(H,19,22). The van der Waals surface area contributed by atoms with Crippen LogP contribution in [0.15, 0.2) is 53.6 Å². The maximum atomic E-state index is 12.3. The van der Waals surface area contributed by atoms with E-state index in [4.69, 9.17) is 0 Å². The fourth-order valence-corrected chi connectivity index (χ4v) is 2.31. The third kappa shape index (κ3) is 3.26. The van der Waals surface area contributed by atoms with Gasteiger partial charge in [0.25, 0.3) is 5.56 Å². The van der Waals surface area contributed by atoms with Gasteiger partial charge < -0.3 is 5.32 Å². The minimum absolute atomic E-state index is 0.128. The first kappa shape index (κ1) is 14.9. The van der Waals surface area contributed by atoms with Crippen molar-refractivity contribution in [2.45, 2.75) is 20.0 Å². The second kappa shape index (κ2) is 6.39. The Kier molecular flexibility index (Phi) is 4.14. The maximum absolute atomic E-state index is 12.3. The van der Waals surface area contributed by atoms with Gasteiger partial charge in [0.1, 0.15) is 12.1 Å². The SMILES string of the molecule is Cc1ccccc1CNC(=O)Cn1ncc2cccnc2c1=O. The molecule has 1 N–H and O–H groups in total. The average molecular weight is 308 g/mol. The maximum Gasteiger partial charge on any atom is 0.293 e. The summed E-state index contributed by atoms with van der Waals surface area (Å²) in [6.07, 6.45) is 3.09. The number of hydrogen-bond acceptors (Lipinski definition) is 4. The molecule has 0 aliphatic rings. The van der Waals surface area contributed by atoms with Gasteiger partial charge in [-0.25, -0.2) is 4.68 Å². The number of aromatic nitrogens is 3. The summed E-state index contributed by atoms with van der Waals surface area (Å²) < 4.78 is 1.13. The Hall–Kier alpha value is -3.02. The summed E-state index contributed by atoms with van der Waals surface area (Å²) in [6, 6.07) is 11.3. The first-order valence-electron chi connectivity index (χ1n) is 7.27. The van der Waals surface area contributed by atoms with Gasteiger partial charge in [-0.15, -0.1) is 0 Å². The first-order valence-corrected chi connectivity index (χ1v) is 7.27. The van der Waals surface area contributed by atoms with Gasteiger partial charge in [-0.05, 0) is 30.2 Å². The lowest BCUT2D eigenvalue weighted by Crippen LogP contribution is -2.33. The van der Waals surface area contributed by atoms with Crippen LogP contribution in [0.3, 0.4) is 0 Å². The summed E-state index contributed by atoms with van der Waals surface area (Å²) in [6.45, 7) is 2.28. The third-order valence-electron chi connectivity index (χ3n) is 3.64. The predicted molar refractivity (Wildman–Crippen MR) is 86.8 cm³/mol. The van der Waals surface area contributed by atoms with Gasteiger partial charge in [-0.1, -0.05) is 24.3 Å². The third-order valence-corrected chi connectivity index (χ3v) is 3.64. The van der Waals surface area contributed by atoms with E-state index in [1.54, 1.807) is 24.5 Å². The topological polar surface area (TPSA) is 76.9 Å². The highest BCUT2D eigenvalue weighted by molar-refractivity contribution is 5.78. The van der Waals surface area contributed by atoms with Crippen LogP contribution in [0.4, 0.5) is 0 Å². The van der Waals surface area contributed by atoms with Crippen molar-refractivity contribution < 1.29 is 4.79 Å². The lowest BCUT2D eigenvalue weighted by atomic mass is 10.1. The van der Waals surface area contributed by atoms with Gasteiger partial charge in [-0.3, -0.25) is 14.6 Å². The molecule has 116 valence electrons. The van der Waals surface area contributed by atoms with Gasteiger partial charge in [0, 0.05) is 18.1 Å². The molecule has 23 heavy (non-hydrogen) atoms. The van der Waals surface area contributed by atoms with E-state index in [2.05, 4.69) is 15.4 Å². The number of carbonyl (C=O) groups excluding carboxylic acids is 1. The number of carbonyl (C=O) groups is 1. The normalized spacial score (nSPS) is 10.7. The Labute approximate surface area is 132 Å². The summed E-state index contributed by atoms with van der Waals surface area (Å²) in [5.74, 6) is -0.266. The summed E-state index contributed by atoms with van der Waals surface area (Å²) >= 11 is 0. The Morgan fingerprint density at radius 1 is 1.22 bits per heavy atom. The number of aryl methyl sites for hydroxylation is 1. The number of hydrogen-bond donors (Lipinski definition) is 1. The van der Waals surface area contributed by atoms with Gasteiger partial charge in [0.2, 0.25) is 5.91 Å². The molecule has 0 unspecified atom stereocenters. The second-order valence-corrected chi connectivity index (χ2v) is 5.25. The molecule has 3 rings (SSSR count). The molecule has 0 aliphatic carbocycles. The fraction of sp³-hybridized carbons (Fsp3) is 0.176. The molecule has 6 heteroatoms. The Balaban J connectivity index is 1.72. The molecular weight excluding hydrogens is 292 g/mol. The molecule has 1 amide bonds. The molecule has 0 atom stereocenters. The van der Waals surface area contributed by atoms with E-state index in [1.807, 2.05) is 31.2 Å². The lowest BCUT2D eigenvalue weighted by Gasteiger charge is -2.09. The highest BCUT2D eigenvalue weighted by atomic mass is 16.2. The van der Waals surface area contributed by atoms with Crippen molar-refractivity contribution in [3.05, 3.63) is 70.3 Å². The zero-order chi connectivity index (χ0) is 16.2. The van der Waals surface area contributed by atoms with Crippen LogP contribution in [0.5, 0.6) is 0 Å². The summed E-state index contributed by atoms with van der Waals surface area (Å²) in [4.78, 5) is 28.4. The van der Waals surface area contributed by atoms with E-state index in [9.17, 15) is 9.59 Å². The van der Waals surface area contributed by atoms with Gasteiger partial charge >= 0.3 is 0 Å². The number of nitrogens with zero attached hydrogens (tertiary/aromatic N) is 3. The molecule has 0 saturated carbocycles. The molecule has 0 radical (unpaired) electrons. The minimum Gasteiger partial charge on any atom is -0.350 e. The molecule has 1 aromatic carbocycles. The monoisotopic (exact) mass is 308 g/mol. The molecule has 0 spiro atoms. The molecule has 2 aromatic heterocycles. The van der Waals surface area contributed by atoms with Crippen molar-refractivity contribution in [3.63, 3.8) is 0 Å². The molecular formula is C17H16N4O2. The van der Waals surface area contributed by atoms with Crippen LogP contribution in [0, 0.1) is 6.92 Å². The number of rotatable bonds is 4. The van der Waals surface area contributed by atoms with Crippen LogP contribution in [-0.4, -0.2) is 20.7 Å². The largest absolute Gasteiger partial charge is 0.350 e. The quantitative estimate of drug-likeness (QED) is 0.790. The predicted octanol–water partition coefficient (Wildman–Crippen LogP) is 1.42. The van der Waals surface area contributed by atoms with Crippen molar-refractivity contribution >= 4 is 16.8 Å². The van der Waals surface area contributed by atoms with Crippen molar-refractivity contribution in [2.75, 3.05) is 0 Å².